The van der Waals surface area contributed by atoms with Gasteiger partial charge >= 0.3 is 0 Å². The smallest absolute Gasteiger partial charge is 0.226 e. The second-order valence-electron chi connectivity index (χ2n) is 5.28. The zero-order valence-electron chi connectivity index (χ0n) is 12.3. The van der Waals surface area contributed by atoms with Crippen LogP contribution in [-0.4, -0.2) is 35.3 Å². The lowest BCUT2D eigenvalue weighted by Crippen LogP contribution is -2.31. The normalized spacial score (nSPS) is 17.7. The number of amides is 1. The zero-order valence-corrected chi connectivity index (χ0v) is 13.1. The van der Waals surface area contributed by atoms with Gasteiger partial charge in [0, 0.05) is 26.0 Å². The number of hydrogen-bond donors (Lipinski definition) is 1. The zero-order chi connectivity index (χ0) is 15.2. The Labute approximate surface area is 132 Å². The van der Waals surface area contributed by atoms with Crippen molar-refractivity contribution in [2.24, 2.45) is 0 Å². The number of aryl methyl sites for hydroxylation is 1. The molecule has 22 heavy (non-hydrogen) atoms. The van der Waals surface area contributed by atoms with E-state index in [9.17, 15) is 4.79 Å². The molecule has 6 nitrogen and oxygen atoms in total. The van der Waals surface area contributed by atoms with Gasteiger partial charge in [-0.1, -0.05) is 11.2 Å². The summed E-state index contributed by atoms with van der Waals surface area (Å²) in [5, 5.41) is 8.84. The molecule has 0 unspecified atom stereocenters. The summed E-state index contributed by atoms with van der Waals surface area (Å²) in [4.78, 5) is 17.1. The molecular weight excluding hydrogens is 302 g/mol. The Morgan fingerprint density at radius 1 is 1.50 bits per heavy atom. The van der Waals surface area contributed by atoms with Crippen molar-refractivity contribution in [3.63, 3.8) is 0 Å². The summed E-state index contributed by atoms with van der Waals surface area (Å²) >= 11 is 1.58. The lowest BCUT2D eigenvalue weighted by molar-refractivity contribution is -0.121. The molecule has 1 amide bonds. The summed E-state index contributed by atoms with van der Waals surface area (Å²) in [6.07, 6.45) is 4.09. The van der Waals surface area contributed by atoms with Crippen LogP contribution in [0.4, 0.5) is 0 Å². The molecule has 118 valence electrons. The number of nitrogens with one attached hydrogen (secondary N) is 1. The second-order valence-corrected chi connectivity index (χ2v) is 6.23. The summed E-state index contributed by atoms with van der Waals surface area (Å²) in [5.41, 5.74) is 0. The lowest BCUT2D eigenvalue weighted by Gasteiger charge is -2.10. The van der Waals surface area contributed by atoms with Crippen LogP contribution in [0.25, 0.3) is 10.7 Å². The number of hydrogen-bond acceptors (Lipinski definition) is 6. The number of rotatable bonds is 7. The standard InChI is InChI=1S/C15H19N3O3S/c19-13(16-10-11-4-2-8-20-11)6-1-7-14-17-15(18-21-14)12-5-3-9-22-12/h3,5,9,11H,1-2,4,6-8,10H2,(H,16,19)/t11-/m0/s1. The average Bonchev–Trinajstić information content (AvgIpc) is 3.26. The average molecular weight is 321 g/mol. The van der Waals surface area contributed by atoms with E-state index in [1.807, 2.05) is 17.5 Å². The molecule has 2 aromatic rings. The van der Waals surface area contributed by atoms with Crippen LogP contribution in [0.5, 0.6) is 0 Å². The molecule has 1 fully saturated rings. The van der Waals surface area contributed by atoms with Gasteiger partial charge in [-0.15, -0.1) is 11.3 Å². The van der Waals surface area contributed by atoms with E-state index in [0.29, 0.717) is 37.5 Å². The predicted octanol–water partition coefficient (Wildman–Crippen LogP) is 2.42. The Kier molecular flexibility index (Phi) is 5.18. The highest BCUT2D eigenvalue weighted by Crippen LogP contribution is 2.21. The van der Waals surface area contributed by atoms with Crippen molar-refractivity contribution >= 4 is 17.2 Å². The van der Waals surface area contributed by atoms with Gasteiger partial charge < -0.3 is 14.6 Å². The van der Waals surface area contributed by atoms with Crippen LogP contribution in [0, 0.1) is 0 Å². The highest BCUT2D eigenvalue weighted by atomic mass is 32.1. The molecular formula is C15H19N3O3S. The van der Waals surface area contributed by atoms with E-state index in [2.05, 4.69) is 15.5 Å². The van der Waals surface area contributed by atoms with Crippen molar-refractivity contribution < 1.29 is 14.1 Å². The third-order valence-electron chi connectivity index (χ3n) is 3.56. The fraction of sp³-hybridized carbons (Fsp3) is 0.533. The number of aromatic nitrogens is 2. The molecule has 0 saturated carbocycles. The van der Waals surface area contributed by atoms with Gasteiger partial charge in [-0.2, -0.15) is 4.98 Å². The molecule has 1 aliphatic rings. The first-order chi connectivity index (χ1) is 10.8. The van der Waals surface area contributed by atoms with E-state index in [1.165, 1.54) is 0 Å². The van der Waals surface area contributed by atoms with Gasteiger partial charge in [0.15, 0.2) is 0 Å². The van der Waals surface area contributed by atoms with Gasteiger partial charge in [-0.25, -0.2) is 0 Å². The number of ether oxygens (including phenoxy) is 1. The molecule has 7 heteroatoms. The number of nitrogens with zero attached hydrogens (tertiary/aromatic N) is 2. The van der Waals surface area contributed by atoms with Gasteiger partial charge in [-0.05, 0) is 30.7 Å². The van der Waals surface area contributed by atoms with Gasteiger partial charge in [-0.3, -0.25) is 4.79 Å². The number of carbonyl (C=O) groups excluding carboxylic acids is 1. The lowest BCUT2D eigenvalue weighted by atomic mass is 10.2. The summed E-state index contributed by atoms with van der Waals surface area (Å²) in [6, 6.07) is 3.91. The third-order valence-corrected chi connectivity index (χ3v) is 4.42. The quantitative estimate of drug-likeness (QED) is 0.847. The Hall–Kier alpha value is -1.73. The van der Waals surface area contributed by atoms with Gasteiger partial charge in [0.25, 0.3) is 0 Å². The minimum Gasteiger partial charge on any atom is -0.376 e. The summed E-state index contributed by atoms with van der Waals surface area (Å²) in [6.45, 7) is 1.42. The van der Waals surface area contributed by atoms with Crippen LogP contribution in [0.1, 0.15) is 31.6 Å². The predicted molar refractivity (Wildman–Crippen MR) is 82.5 cm³/mol. The maximum atomic E-state index is 11.8. The van der Waals surface area contributed by atoms with Crippen molar-refractivity contribution in [1.82, 2.24) is 15.5 Å². The first kappa shape index (κ1) is 15.2. The van der Waals surface area contributed by atoms with Crippen molar-refractivity contribution in [3.8, 4) is 10.7 Å². The first-order valence-electron chi connectivity index (χ1n) is 7.56. The van der Waals surface area contributed by atoms with Crippen molar-refractivity contribution in [2.75, 3.05) is 13.2 Å². The third kappa shape index (κ3) is 4.14. The maximum absolute atomic E-state index is 11.8. The van der Waals surface area contributed by atoms with Crippen LogP contribution in [0.2, 0.25) is 0 Å². The second kappa shape index (κ2) is 7.51. The largest absolute Gasteiger partial charge is 0.376 e. The van der Waals surface area contributed by atoms with E-state index < -0.39 is 0 Å². The molecule has 0 spiro atoms. The molecule has 1 N–H and O–H groups in total. The molecule has 0 bridgehead atoms. The molecule has 0 aromatic carbocycles. The molecule has 3 heterocycles. The fourth-order valence-corrected chi connectivity index (χ4v) is 3.03. The van der Waals surface area contributed by atoms with Crippen molar-refractivity contribution in [3.05, 3.63) is 23.4 Å². The van der Waals surface area contributed by atoms with Crippen LogP contribution in [-0.2, 0) is 16.0 Å². The van der Waals surface area contributed by atoms with Crippen LogP contribution in [0.15, 0.2) is 22.0 Å². The topological polar surface area (TPSA) is 77.2 Å². The minimum absolute atomic E-state index is 0.0495. The first-order valence-corrected chi connectivity index (χ1v) is 8.44. The van der Waals surface area contributed by atoms with Gasteiger partial charge in [0.1, 0.15) is 0 Å². The highest BCUT2D eigenvalue weighted by molar-refractivity contribution is 7.13. The number of carbonyl (C=O) groups is 1. The number of thiophene rings is 1. The van der Waals surface area contributed by atoms with Crippen LogP contribution in [0.3, 0.4) is 0 Å². The molecule has 1 aliphatic heterocycles. The van der Waals surface area contributed by atoms with Gasteiger partial charge in [0.05, 0.1) is 11.0 Å². The van der Waals surface area contributed by atoms with Crippen molar-refractivity contribution in [2.45, 2.75) is 38.2 Å². The minimum atomic E-state index is 0.0495. The van der Waals surface area contributed by atoms with E-state index in [0.717, 1.165) is 24.3 Å². The SMILES string of the molecule is O=C(CCCc1nc(-c2cccs2)no1)NC[C@@H]1CCCO1. The Bertz CT molecular complexity index is 591. The molecule has 2 aromatic heterocycles. The van der Waals surface area contributed by atoms with E-state index >= 15 is 0 Å². The monoisotopic (exact) mass is 321 g/mol. The van der Waals surface area contributed by atoms with Crippen molar-refractivity contribution in [1.29, 1.82) is 0 Å². The Morgan fingerprint density at radius 3 is 3.23 bits per heavy atom. The van der Waals surface area contributed by atoms with E-state index in [-0.39, 0.29) is 12.0 Å². The maximum Gasteiger partial charge on any atom is 0.226 e. The highest BCUT2D eigenvalue weighted by Gasteiger charge is 2.16. The molecule has 0 aliphatic carbocycles. The van der Waals surface area contributed by atoms with Gasteiger partial charge in [0.2, 0.25) is 17.6 Å². The molecule has 1 saturated heterocycles. The molecule has 3 rings (SSSR count). The summed E-state index contributed by atoms with van der Waals surface area (Å²) in [5.74, 6) is 1.25. The van der Waals surface area contributed by atoms with Crippen LogP contribution >= 0.6 is 11.3 Å². The summed E-state index contributed by atoms with van der Waals surface area (Å²) in [7, 11) is 0. The molecule has 1 atom stereocenters. The Morgan fingerprint density at radius 2 is 2.45 bits per heavy atom. The fourth-order valence-electron chi connectivity index (χ4n) is 2.38. The Balaban J connectivity index is 1.36. The molecule has 0 radical (unpaired) electrons. The van der Waals surface area contributed by atoms with E-state index in [1.54, 1.807) is 11.3 Å². The van der Waals surface area contributed by atoms with Crippen LogP contribution < -0.4 is 5.32 Å². The summed E-state index contributed by atoms with van der Waals surface area (Å²) < 4.78 is 10.7. The van der Waals surface area contributed by atoms with E-state index in [4.69, 9.17) is 9.26 Å².